The van der Waals surface area contributed by atoms with Crippen molar-refractivity contribution >= 4 is 28.1 Å². The van der Waals surface area contributed by atoms with Crippen molar-refractivity contribution < 1.29 is 4.79 Å². The number of benzene rings is 1. The Balaban J connectivity index is 2.19. The molecule has 2 N–H and O–H groups in total. The number of hydrogen-bond acceptors (Lipinski definition) is 3. The molecule has 0 saturated carbocycles. The van der Waals surface area contributed by atoms with Crippen molar-refractivity contribution in [3.05, 3.63) is 52.9 Å². The molecule has 0 atom stereocenters. The van der Waals surface area contributed by atoms with Crippen LogP contribution in [-0.2, 0) is 0 Å². The Kier molecular flexibility index (Phi) is 2.57. The number of carbonyl (C=O) groups is 1. The Morgan fingerprint density at radius 1 is 1.22 bits per heavy atom. The summed E-state index contributed by atoms with van der Waals surface area (Å²) in [6.45, 7) is 0. The van der Waals surface area contributed by atoms with Gasteiger partial charge in [0.15, 0.2) is 0 Å². The summed E-state index contributed by atoms with van der Waals surface area (Å²) < 4.78 is 0. The molecule has 4 heteroatoms. The highest BCUT2D eigenvalue weighted by Gasteiger charge is 2.11. The highest BCUT2D eigenvalue weighted by Crippen LogP contribution is 2.29. The second-order valence-corrected chi connectivity index (χ2v) is 4.85. The van der Waals surface area contributed by atoms with Crippen LogP contribution in [-0.4, -0.2) is 10.9 Å². The monoisotopic (exact) mass is 254 g/mol. The summed E-state index contributed by atoms with van der Waals surface area (Å²) in [6.07, 6.45) is 1.77. The van der Waals surface area contributed by atoms with E-state index in [1.54, 1.807) is 6.20 Å². The Morgan fingerprint density at radius 2 is 2.11 bits per heavy atom. The highest BCUT2D eigenvalue weighted by atomic mass is 32.1. The topological polar surface area (TPSA) is 56.0 Å². The SMILES string of the molecule is NC(=O)c1sccc1-c1ccc2ncccc2c1. The third-order valence-electron chi connectivity index (χ3n) is 2.80. The number of nitrogens with two attached hydrogens (primary N) is 1. The Morgan fingerprint density at radius 3 is 2.94 bits per heavy atom. The summed E-state index contributed by atoms with van der Waals surface area (Å²) in [5, 5.41) is 2.93. The first-order valence-electron chi connectivity index (χ1n) is 5.48. The maximum Gasteiger partial charge on any atom is 0.259 e. The van der Waals surface area contributed by atoms with E-state index in [0.717, 1.165) is 22.0 Å². The largest absolute Gasteiger partial charge is 0.365 e. The van der Waals surface area contributed by atoms with Crippen molar-refractivity contribution in [1.29, 1.82) is 0 Å². The number of carbonyl (C=O) groups excluding carboxylic acids is 1. The second-order valence-electron chi connectivity index (χ2n) is 3.94. The van der Waals surface area contributed by atoms with Crippen LogP contribution in [0.2, 0.25) is 0 Å². The molecule has 0 aliphatic heterocycles. The molecule has 2 heterocycles. The maximum absolute atomic E-state index is 11.3. The van der Waals surface area contributed by atoms with Gasteiger partial charge < -0.3 is 5.73 Å². The van der Waals surface area contributed by atoms with Gasteiger partial charge in [0.25, 0.3) is 5.91 Å². The number of nitrogens with zero attached hydrogens (tertiary/aromatic N) is 1. The van der Waals surface area contributed by atoms with Crippen molar-refractivity contribution in [3.8, 4) is 11.1 Å². The number of amides is 1. The summed E-state index contributed by atoms with van der Waals surface area (Å²) in [6, 6.07) is 11.8. The van der Waals surface area contributed by atoms with Crippen LogP contribution in [0.5, 0.6) is 0 Å². The van der Waals surface area contributed by atoms with E-state index in [2.05, 4.69) is 4.98 Å². The van der Waals surface area contributed by atoms with E-state index in [-0.39, 0.29) is 5.91 Å². The standard InChI is InChI=1S/C14H10N2OS/c15-14(17)13-11(5-7-18-13)9-3-4-12-10(8-9)2-1-6-16-12/h1-8H,(H2,15,17). The van der Waals surface area contributed by atoms with Crippen LogP contribution < -0.4 is 5.73 Å². The maximum atomic E-state index is 11.3. The molecule has 3 nitrogen and oxygen atoms in total. The van der Waals surface area contributed by atoms with Gasteiger partial charge >= 0.3 is 0 Å². The van der Waals surface area contributed by atoms with Gasteiger partial charge in [-0.25, -0.2) is 0 Å². The zero-order valence-corrected chi connectivity index (χ0v) is 10.3. The molecule has 0 saturated heterocycles. The average Bonchev–Trinajstić information content (AvgIpc) is 2.87. The Labute approximate surface area is 108 Å². The summed E-state index contributed by atoms with van der Waals surface area (Å²) in [4.78, 5) is 16.2. The van der Waals surface area contributed by atoms with Crippen molar-refractivity contribution in [2.45, 2.75) is 0 Å². The van der Waals surface area contributed by atoms with Gasteiger partial charge in [-0.3, -0.25) is 9.78 Å². The lowest BCUT2D eigenvalue weighted by Crippen LogP contribution is -2.09. The van der Waals surface area contributed by atoms with Crippen LogP contribution in [0.4, 0.5) is 0 Å². The van der Waals surface area contributed by atoms with E-state index in [0.29, 0.717) is 4.88 Å². The fourth-order valence-electron chi connectivity index (χ4n) is 1.97. The fourth-order valence-corrected chi connectivity index (χ4v) is 2.74. The molecule has 0 unspecified atom stereocenters. The van der Waals surface area contributed by atoms with Crippen LogP contribution in [0.25, 0.3) is 22.0 Å². The van der Waals surface area contributed by atoms with E-state index < -0.39 is 0 Å². The smallest absolute Gasteiger partial charge is 0.259 e. The minimum atomic E-state index is -0.383. The lowest BCUT2D eigenvalue weighted by molar-refractivity contribution is 0.100. The van der Waals surface area contributed by atoms with Crippen LogP contribution >= 0.6 is 11.3 Å². The third-order valence-corrected chi connectivity index (χ3v) is 3.73. The van der Waals surface area contributed by atoms with Crippen LogP contribution in [0, 0.1) is 0 Å². The van der Waals surface area contributed by atoms with E-state index in [1.807, 2.05) is 41.8 Å². The van der Waals surface area contributed by atoms with E-state index in [4.69, 9.17) is 5.73 Å². The molecule has 2 aromatic heterocycles. The lowest BCUT2D eigenvalue weighted by Gasteiger charge is -2.03. The number of aromatic nitrogens is 1. The molecule has 0 spiro atoms. The molecule has 0 bridgehead atoms. The summed E-state index contributed by atoms with van der Waals surface area (Å²) in [7, 11) is 0. The summed E-state index contributed by atoms with van der Waals surface area (Å²) in [5.74, 6) is -0.383. The molecule has 3 rings (SSSR count). The number of hydrogen-bond donors (Lipinski definition) is 1. The Hall–Kier alpha value is -2.20. The molecule has 18 heavy (non-hydrogen) atoms. The van der Waals surface area contributed by atoms with Gasteiger partial charge in [-0.2, -0.15) is 0 Å². The first-order chi connectivity index (χ1) is 8.75. The second kappa shape index (κ2) is 4.23. The van der Waals surface area contributed by atoms with Crippen molar-refractivity contribution in [1.82, 2.24) is 4.98 Å². The molecule has 0 radical (unpaired) electrons. The van der Waals surface area contributed by atoms with E-state index >= 15 is 0 Å². The van der Waals surface area contributed by atoms with Gasteiger partial charge in [0, 0.05) is 17.1 Å². The normalized spacial score (nSPS) is 10.7. The van der Waals surface area contributed by atoms with Crippen LogP contribution in [0.15, 0.2) is 48.0 Å². The van der Waals surface area contributed by atoms with E-state index in [1.165, 1.54) is 11.3 Å². The first kappa shape index (κ1) is 10.9. The van der Waals surface area contributed by atoms with Gasteiger partial charge in [-0.1, -0.05) is 12.1 Å². The number of primary amides is 1. The fraction of sp³-hybridized carbons (Fsp3) is 0. The quantitative estimate of drug-likeness (QED) is 0.764. The number of pyridine rings is 1. The Bertz CT molecular complexity index is 733. The van der Waals surface area contributed by atoms with Gasteiger partial charge in [0.1, 0.15) is 0 Å². The number of rotatable bonds is 2. The molecular formula is C14H10N2OS. The van der Waals surface area contributed by atoms with Crippen molar-refractivity contribution in [2.75, 3.05) is 0 Å². The van der Waals surface area contributed by atoms with Crippen LogP contribution in [0.1, 0.15) is 9.67 Å². The zero-order chi connectivity index (χ0) is 12.5. The number of fused-ring (bicyclic) bond motifs is 1. The summed E-state index contributed by atoms with van der Waals surface area (Å²) in [5.41, 5.74) is 8.19. The minimum Gasteiger partial charge on any atom is -0.365 e. The van der Waals surface area contributed by atoms with Gasteiger partial charge in [-0.05, 0) is 35.2 Å². The molecule has 3 aromatic rings. The predicted molar refractivity (Wildman–Crippen MR) is 73.6 cm³/mol. The first-order valence-corrected chi connectivity index (χ1v) is 6.36. The van der Waals surface area contributed by atoms with E-state index in [9.17, 15) is 4.79 Å². The minimum absolute atomic E-state index is 0.383. The van der Waals surface area contributed by atoms with Gasteiger partial charge in [0.05, 0.1) is 10.4 Å². The molecule has 0 fully saturated rings. The highest BCUT2D eigenvalue weighted by molar-refractivity contribution is 7.12. The van der Waals surface area contributed by atoms with Crippen molar-refractivity contribution in [2.24, 2.45) is 5.73 Å². The third kappa shape index (κ3) is 1.76. The predicted octanol–water partition coefficient (Wildman–Crippen LogP) is 3.06. The van der Waals surface area contributed by atoms with Crippen LogP contribution in [0.3, 0.4) is 0 Å². The zero-order valence-electron chi connectivity index (χ0n) is 9.46. The molecule has 0 aliphatic carbocycles. The molecule has 1 aromatic carbocycles. The molecule has 88 valence electrons. The van der Waals surface area contributed by atoms with Crippen molar-refractivity contribution in [3.63, 3.8) is 0 Å². The molecule has 1 amide bonds. The number of thiophene rings is 1. The molecule has 0 aliphatic rings. The average molecular weight is 254 g/mol. The summed E-state index contributed by atoms with van der Waals surface area (Å²) >= 11 is 1.37. The lowest BCUT2D eigenvalue weighted by atomic mass is 10.0. The van der Waals surface area contributed by atoms with Gasteiger partial charge in [0.2, 0.25) is 0 Å². The molecular weight excluding hydrogens is 244 g/mol. The van der Waals surface area contributed by atoms with Gasteiger partial charge in [-0.15, -0.1) is 11.3 Å².